The molecule has 0 bridgehead atoms. The van der Waals surface area contributed by atoms with E-state index in [0.717, 1.165) is 17.8 Å². The van der Waals surface area contributed by atoms with Crippen molar-refractivity contribution in [2.45, 2.75) is 64.3 Å². The summed E-state index contributed by atoms with van der Waals surface area (Å²) in [5.41, 5.74) is 6.27. The van der Waals surface area contributed by atoms with Crippen molar-refractivity contribution in [3.63, 3.8) is 0 Å². The summed E-state index contributed by atoms with van der Waals surface area (Å²) >= 11 is 0. The highest BCUT2D eigenvalue weighted by atomic mass is 14.7. The van der Waals surface area contributed by atoms with Crippen LogP contribution in [0.15, 0.2) is 0 Å². The average Bonchev–Trinajstić information content (AvgIpc) is 2.20. The molecule has 14 heavy (non-hydrogen) atoms. The van der Waals surface area contributed by atoms with Gasteiger partial charge in [-0.1, -0.05) is 39.0 Å². The van der Waals surface area contributed by atoms with E-state index in [1.165, 1.54) is 51.4 Å². The summed E-state index contributed by atoms with van der Waals surface area (Å²) < 4.78 is 0. The van der Waals surface area contributed by atoms with Crippen molar-refractivity contribution in [2.24, 2.45) is 23.5 Å². The second-order valence-electron chi connectivity index (χ2n) is 5.54. The molecule has 0 aliphatic heterocycles. The Morgan fingerprint density at radius 3 is 2.00 bits per heavy atom. The smallest absolute Gasteiger partial charge is 0.00699 e. The molecule has 2 N–H and O–H groups in total. The molecule has 82 valence electrons. The molecule has 0 saturated heterocycles. The van der Waals surface area contributed by atoms with Crippen LogP contribution in [0.25, 0.3) is 0 Å². The summed E-state index contributed by atoms with van der Waals surface area (Å²) in [6, 6.07) is 0.522. The van der Waals surface area contributed by atoms with Crippen molar-refractivity contribution in [3.05, 3.63) is 0 Å². The minimum absolute atomic E-state index is 0.522. The molecule has 0 spiro atoms. The van der Waals surface area contributed by atoms with Crippen molar-refractivity contribution >= 4 is 0 Å². The van der Waals surface area contributed by atoms with Crippen molar-refractivity contribution in [1.82, 2.24) is 0 Å². The standard InChI is InChI=1S/C13H25N/c1-10-6-2-3-7-11(10)12-8-4-5-9-13(12)14/h10-13H,2-9,14H2,1H3. The van der Waals surface area contributed by atoms with Crippen LogP contribution in [0.1, 0.15) is 58.3 Å². The first kappa shape index (κ1) is 10.5. The maximum absolute atomic E-state index is 6.27. The van der Waals surface area contributed by atoms with Crippen molar-refractivity contribution in [2.75, 3.05) is 0 Å². The van der Waals surface area contributed by atoms with Gasteiger partial charge in [-0.3, -0.25) is 0 Å². The minimum Gasteiger partial charge on any atom is -0.327 e. The third kappa shape index (κ3) is 2.13. The van der Waals surface area contributed by atoms with Crippen LogP contribution in [0.2, 0.25) is 0 Å². The number of rotatable bonds is 1. The Labute approximate surface area is 88.4 Å². The van der Waals surface area contributed by atoms with Gasteiger partial charge in [-0.15, -0.1) is 0 Å². The van der Waals surface area contributed by atoms with E-state index in [1.807, 2.05) is 0 Å². The van der Waals surface area contributed by atoms with E-state index >= 15 is 0 Å². The highest BCUT2D eigenvalue weighted by Gasteiger charge is 2.33. The van der Waals surface area contributed by atoms with E-state index in [1.54, 1.807) is 0 Å². The van der Waals surface area contributed by atoms with E-state index in [2.05, 4.69) is 6.92 Å². The Bertz CT molecular complexity index is 158. The van der Waals surface area contributed by atoms with E-state index in [4.69, 9.17) is 5.73 Å². The molecule has 2 fully saturated rings. The monoisotopic (exact) mass is 195 g/mol. The number of nitrogens with two attached hydrogens (primary N) is 1. The third-order valence-electron chi connectivity index (χ3n) is 4.60. The third-order valence-corrected chi connectivity index (χ3v) is 4.60. The van der Waals surface area contributed by atoms with Crippen LogP contribution in [0.5, 0.6) is 0 Å². The van der Waals surface area contributed by atoms with Gasteiger partial charge in [0.15, 0.2) is 0 Å². The maximum Gasteiger partial charge on any atom is 0.00699 e. The second kappa shape index (κ2) is 4.65. The molecular weight excluding hydrogens is 170 g/mol. The summed E-state index contributed by atoms with van der Waals surface area (Å²) in [4.78, 5) is 0. The Kier molecular flexibility index (Phi) is 3.48. The molecule has 0 amide bonds. The van der Waals surface area contributed by atoms with Crippen LogP contribution >= 0.6 is 0 Å². The highest BCUT2D eigenvalue weighted by Crippen LogP contribution is 2.40. The van der Waals surface area contributed by atoms with Gasteiger partial charge in [0.2, 0.25) is 0 Å². The lowest BCUT2D eigenvalue weighted by Crippen LogP contribution is -2.40. The summed E-state index contributed by atoms with van der Waals surface area (Å²) in [5, 5.41) is 0. The minimum atomic E-state index is 0.522. The van der Waals surface area contributed by atoms with Crippen LogP contribution in [0, 0.1) is 17.8 Å². The largest absolute Gasteiger partial charge is 0.327 e. The van der Waals surface area contributed by atoms with Gasteiger partial charge in [0.25, 0.3) is 0 Å². The topological polar surface area (TPSA) is 26.0 Å². The van der Waals surface area contributed by atoms with Crippen molar-refractivity contribution < 1.29 is 0 Å². The highest BCUT2D eigenvalue weighted by molar-refractivity contribution is 4.87. The zero-order valence-electron chi connectivity index (χ0n) is 9.54. The molecule has 0 aromatic heterocycles. The predicted octanol–water partition coefficient (Wildman–Crippen LogP) is 3.33. The first-order valence-electron chi connectivity index (χ1n) is 6.54. The summed E-state index contributed by atoms with van der Waals surface area (Å²) in [5.74, 6) is 2.76. The quantitative estimate of drug-likeness (QED) is 0.682. The van der Waals surface area contributed by atoms with Gasteiger partial charge in [0.05, 0.1) is 0 Å². The van der Waals surface area contributed by atoms with Gasteiger partial charge in [-0.25, -0.2) is 0 Å². The van der Waals surface area contributed by atoms with E-state index in [-0.39, 0.29) is 0 Å². The summed E-state index contributed by atoms with van der Waals surface area (Å²) in [6.45, 7) is 2.45. The fourth-order valence-corrected chi connectivity index (χ4v) is 3.70. The maximum atomic E-state index is 6.27. The van der Waals surface area contributed by atoms with Crippen molar-refractivity contribution in [1.29, 1.82) is 0 Å². The van der Waals surface area contributed by atoms with Gasteiger partial charge in [-0.05, 0) is 37.0 Å². The summed E-state index contributed by atoms with van der Waals surface area (Å²) in [6.07, 6.45) is 11.3. The first-order valence-corrected chi connectivity index (χ1v) is 6.54. The van der Waals surface area contributed by atoms with Crippen LogP contribution < -0.4 is 5.73 Å². The molecule has 0 heterocycles. The molecule has 0 aromatic carbocycles. The first-order chi connectivity index (χ1) is 6.79. The predicted molar refractivity (Wildman–Crippen MR) is 61.1 cm³/mol. The lowest BCUT2D eigenvalue weighted by molar-refractivity contribution is 0.122. The summed E-state index contributed by atoms with van der Waals surface area (Å²) in [7, 11) is 0. The van der Waals surface area contributed by atoms with Gasteiger partial charge in [0, 0.05) is 6.04 Å². The average molecular weight is 195 g/mol. The lowest BCUT2D eigenvalue weighted by atomic mass is 9.67. The van der Waals surface area contributed by atoms with Gasteiger partial charge >= 0.3 is 0 Å². The van der Waals surface area contributed by atoms with E-state index in [0.29, 0.717) is 6.04 Å². The molecule has 1 nitrogen and oxygen atoms in total. The van der Waals surface area contributed by atoms with Gasteiger partial charge in [0.1, 0.15) is 0 Å². The Hall–Kier alpha value is -0.0400. The molecule has 0 aromatic rings. The van der Waals surface area contributed by atoms with Crippen LogP contribution in [-0.4, -0.2) is 6.04 Å². The molecular formula is C13H25N. The molecule has 2 aliphatic carbocycles. The molecule has 2 saturated carbocycles. The molecule has 2 aliphatic rings. The Morgan fingerprint density at radius 2 is 1.36 bits per heavy atom. The van der Waals surface area contributed by atoms with E-state index in [9.17, 15) is 0 Å². The van der Waals surface area contributed by atoms with Crippen molar-refractivity contribution in [3.8, 4) is 0 Å². The van der Waals surface area contributed by atoms with Gasteiger partial charge < -0.3 is 5.73 Å². The zero-order chi connectivity index (χ0) is 9.97. The Morgan fingerprint density at radius 1 is 0.786 bits per heavy atom. The van der Waals surface area contributed by atoms with E-state index < -0.39 is 0 Å². The van der Waals surface area contributed by atoms with Crippen LogP contribution in [0.4, 0.5) is 0 Å². The zero-order valence-corrected chi connectivity index (χ0v) is 9.54. The fourth-order valence-electron chi connectivity index (χ4n) is 3.70. The number of hydrogen-bond donors (Lipinski definition) is 1. The SMILES string of the molecule is CC1CCCCC1C1CCCCC1N. The normalized spacial score (nSPS) is 45.0. The van der Waals surface area contributed by atoms with Gasteiger partial charge in [-0.2, -0.15) is 0 Å². The molecule has 4 atom stereocenters. The molecule has 4 unspecified atom stereocenters. The van der Waals surface area contributed by atoms with Crippen LogP contribution in [-0.2, 0) is 0 Å². The van der Waals surface area contributed by atoms with Crippen LogP contribution in [0.3, 0.4) is 0 Å². The Balaban J connectivity index is 1.96. The second-order valence-corrected chi connectivity index (χ2v) is 5.54. The molecule has 0 radical (unpaired) electrons. The molecule has 1 heteroatoms. The number of hydrogen-bond acceptors (Lipinski definition) is 1. The fraction of sp³-hybridized carbons (Fsp3) is 1.00. The lowest BCUT2D eigenvalue weighted by Gasteiger charge is -2.40. The molecule has 2 rings (SSSR count).